The lowest BCUT2D eigenvalue weighted by Gasteiger charge is -2.58. The summed E-state index contributed by atoms with van der Waals surface area (Å²) in [4.78, 5) is 18.0. The van der Waals surface area contributed by atoms with Crippen molar-refractivity contribution in [3.05, 3.63) is 22.4 Å². The van der Waals surface area contributed by atoms with E-state index in [0.717, 1.165) is 0 Å². The van der Waals surface area contributed by atoms with E-state index >= 15 is 0 Å². The van der Waals surface area contributed by atoms with Crippen LogP contribution in [0.3, 0.4) is 0 Å². The second-order valence-electron chi connectivity index (χ2n) is 7.83. The Morgan fingerprint density at radius 3 is 2.36 bits per heavy atom. The van der Waals surface area contributed by atoms with Gasteiger partial charge in [0.05, 0.1) is 5.69 Å². The zero-order valence-electron chi connectivity index (χ0n) is 14.7. The predicted octanol–water partition coefficient (Wildman–Crippen LogP) is 2.39. The molecule has 1 spiro atoms. The van der Waals surface area contributed by atoms with E-state index in [4.69, 9.17) is 4.74 Å². The minimum Gasteiger partial charge on any atom is -0.444 e. The summed E-state index contributed by atoms with van der Waals surface area (Å²) in [7, 11) is -3.55. The number of carbonyl (C=O) groups is 1. The SMILES string of the molecule is Cc1nc(Br)ccc1S(=O)(=O)N1CC2(CN(C(=O)OC(C)(C)C)C2)C1. The van der Waals surface area contributed by atoms with E-state index in [2.05, 4.69) is 20.9 Å². The number of amides is 1. The van der Waals surface area contributed by atoms with Gasteiger partial charge in [-0.3, -0.25) is 0 Å². The molecular weight excluding hydrogens is 410 g/mol. The average Bonchev–Trinajstić information content (AvgIpc) is 2.31. The Kier molecular flexibility index (Phi) is 4.40. The smallest absolute Gasteiger partial charge is 0.410 e. The summed E-state index contributed by atoms with van der Waals surface area (Å²) in [5.74, 6) is 0. The Hall–Kier alpha value is -1.19. The first-order valence-corrected chi connectivity index (χ1v) is 10.3. The Morgan fingerprint density at radius 1 is 1.24 bits per heavy atom. The van der Waals surface area contributed by atoms with E-state index in [9.17, 15) is 13.2 Å². The zero-order chi connectivity index (χ0) is 18.6. The molecule has 0 bridgehead atoms. The van der Waals surface area contributed by atoms with Crippen molar-refractivity contribution >= 4 is 32.0 Å². The third kappa shape index (κ3) is 3.54. The minimum atomic E-state index is -3.55. The highest BCUT2D eigenvalue weighted by atomic mass is 79.9. The number of aromatic nitrogens is 1. The number of rotatable bonds is 2. The lowest BCUT2D eigenvalue weighted by Crippen LogP contribution is -2.73. The van der Waals surface area contributed by atoms with Crippen LogP contribution < -0.4 is 0 Å². The molecule has 25 heavy (non-hydrogen) atoms. The second-order valence-corrected chi connectivity index (χ2v) is 10.5. The molecule has 1 aromatic heterocycles. The highest BCUT2D eigenvalue weighted by molar-refractivity contribution is 9.10. The number of ether oxygens (including phenoxy) is 1. The molecule has 7 nitrogen and oxygen atoms in total. The van der Waals surface area contributed by atoms with Crippen molar-refractivity contribution in [1.82, 2.24) is 14.2 Å². The summed E-state index contributed by atoms with van der Waals surface area (Å²) in [6, 6.07) is 3.20. The largest absolute Gasteiger partial charge is 0.444 e. The van der Waals surface area contributed by atoms with Crippen LogP contribution in [0.1, 0.15) is 26.5 Å². The number of sulfonamides is 1. The van der Waals surface area contributed by atoms with Crippen LogP contribution in [0.2, 0.25) is 0 Å². The van der Waals surface area contributed by atoms with Gasteiger partial charge in [0.15, 0.2) is 0 Å². The number of likely N-dealkylation sites (tertiary alicyclic amines) is 1. The van der Waals surface area contributed by atoms with Crippen molar-refractivity contribution in [3.63, 3.8) is 0 Å². The van der Waals surface area contributed by atoms with Gasteiger partial charge in [0.25, 0.3) is 0 Å². The lowest BCUT2D eigenvalue weighted by atomic mass is 9.75. The lowest BCUT2D eigenvalue weighted by molar-refractivity contribution is -0.0839. The molecule has 0 radical (unpaired) electrons. The predicted molar refractivity (Wildman–Crippen MR) is 95.7 cm³/mol. The molecule has 2 fully saturated rings. The zero-order valence-corrected chi connectivity index (χ0v) is 17.1. The number of halogens is 1. The highest BCUT2D eigenvalue weighted by Gasteiger charge is 2.57. The average molecular weight is 432 g/mol. The molecule has 0 unspecified atom stereocenters. The third-order valence-electron chi connectivity index (χ3n) is 4.35. The first-order chi connectivity index (χ1) is 11.4. The molecule has 0 saturated carbocycles. The molecule has 0 aromatic carbocycles. The van der Waals surface area contributed by atoms with E-state index in [0.29, 0.717) is 36.5 Å². The van der Waals surface area contributed by atoms with Crippen LogP contribution in [-0.4, -0.2) is 60.5 Å². The van der Waals surface area contributed by atoms with E-state index < -0.39 is 15.6 Å². The maximum atomic E-state index is 12.7. The maximum Gasteiger partial charge on any atom is 0.410 e. The number of hydrogen-bond donors (Lipinski definition) is 0. The molecule has 2 aliphatic rings. The molecule has 2 aliphatic heterocycles. The van der Waals surface area contributed by atoms with E-state index in [1.165, 1.54) is 4.31 Å². The maximum absolute atomic E-state index is 12.7. The second kappa shape index (κ2) is 5.92. The van der Waals surface area contributed by atoms with Gasteiger partial charge in [-0.15, -0.1) is 0 Å². The van der Waals surface area contributed by atoms with Crippen molar-refractivity contribution in [2.24, 2.45) is 5.41 Å². The van der Waals surface area contributed by atoms with Crippen LogP contribution in [0.25, 0.3) is 0 Å². The van der Waals surface area contributed by atoms with Crippen LogP contribution in [0.4, 0.5) is 4.79 Å². The molecule has 3 rings (SSSR count). The van der Waals surface area contributed by atoms with Crippen LogP contribution in [0, 0.1) is 12.3 Å². The Morgan fingerprint density at radius 2 is 1.84 bits per heavy atom. The van der Waals surface area contributed by atoms with Gasteiger partial charge in [-0.1, -0.05) is 0 Å². The van der Waals surface area contributed by atoms with Gasteiger partial charge in [-0.25, -0.2) is 18.2 Å². The van der Waals surface area contributed by atoms with Gasteiger partial charge >= 0.3 is 6.09 Å². The van der Waals surface area contributed by atoms with Gasteiger partial charge in [0.2, 0.25) is 10.0 Å². The monoisotopic (exact) mass is 431 g/mol. The van der Waals surface area contributed by atoms with Crippen LogP contribution in [0.5, 0.6) is 0 Å². The first kappa shape index (κ1) is 18.6. The minimum absolute atomic E-state index is 0.138. The Bertz CT molecular complexity index is 805. The molecule has 2 saturated heterocycles. The summed E-state index contributed by atoms with van der Waals surface area (Å²) in [5.41, 5.74) is -0.193. The van der Waals surface area contributed by atoms with Gasteiger partial charge in [0.1, 0.15) is 15.1 Å². The third-order valence-corrected chi connectivity index (χ3v) is 6.72. The molecule has 0 aliphatic carbocycles. The van der Waals surface area contributed by atoms with Crippen molar-refractivity contribution in [2.75, 3.05) is 26.2 Å². The summed E-state index contributed by atoms with van der Waals surface area (Å²) in [6.07, 6.45) is -0.340. The Labute approximate surface area is 156 Å². The van der Waals surface area contributed by atoms with Crippen LogP contribution >= 0.6 is 15.9 Å². The van der Waals surface area contributed by atoms with Crippen molar-refractivity contribution in [3.8, 4) is 0 Å². The topological polar surface area (TPSA) is 79.8 Å². The summed E-state index contributed by atoms with van der Waals surface area (Å²) in [6.45, 7) is 9.07. The van der Waals surface area contributed by atoms with E-state index in [1.54, 1.807) is 24.0 Å². The highest BCUT2D eigenvalue weighted by Crippen LogP contribution is 2.42. The summed E-state index contributed by atoms with van der Waals surface area (Å²) >= 11 is 3.24. The van der Waals surface area contributed by atoms with Gasteiger partial charge < -0.3 is 9.64 Å². The van der Waals surface area contributed by atoms with E-state index in [-0.39, 0.29) is 16.4 Å². The number of pyridine rings is 1. The van der Waals surface area contributed by atoms with Crippen molar-refractivity contribution < 1.29 is 17.9 Å². The van der Waals surface area contributed by atoms with Crippen LogP contribution in [-0.2, 0) is 14.8 Å². The molecule has 138 valence electrons. The normalized spacial score (nSPS) is 20.1. The molecule has 3 heterocycles. The van der Waals surface area contributed by atoms with Crippen LogP contribution in [0.15, 0.2) is 21.6 Å². The summed E-state index contributed by atoms with van der Waals surface area (Å²) < 4.78 is 32.9. The fourth-order valence-electron chi connectivity index (χ4n) is 3.22. The molecular formula is C16H22BrN3O4S. The quantitative estimate of drug-likeness (QED) is 0.671. The fraction of sp³-hybridized carbons (Fsp3) is 0.625. The fourth-order valence-corrected chi connectivity index (χ4v) is 5.44. The van der Waals surface area contributed by atoms with Gasteiger partial charge in [0, 0.05) is 31.6 Å². The molecule has 0 N–H and O–H groups in total. The summed E-state index contributed by atoms with van der Waals surface area (Å²) in [5, 5.41) is 0. The number of aryl methyl sites for hydroxylation is 1. The van der Waals surface area contributed by atoms with Gasteiger partial charge in [-0.05, 0) is 55.8 Å². The molecule has 9 heteroatoms. The number of carbonyl (C=O) groups excluding carboxylic acids is 1. The molecule has 1 amide bonds. The number of hydrogen-bond acceptors (Lipinski definition) is 5. The standard InChI is InChI=1S/C16H22BrN3O4S/c1-11-12(5-6-13(17)18-11)25(22,23)20-9-16(10-20)7-19(8-16)14(21)24-15(2,3)4/h5-6H,7-10H2,1-4H3. The first-order valence-electron chi connectivity index (χ1n) is 8.03. The molecule has 1 aromatic rings. The van der Waals surface area contributed by atoms with Crippen molar-refractivity contribution in [2.45, 2.75) is 38.2 Å². The Balaban J connectivity index is 1.61. The van der Waals surface area contributed by atoms with Crippen molar-refractivity contribution in [1.29, 1.82) is 0 Å². The van der Waals surface area contributed by atoms with Gasteiger partial charge in [-0.2, -0.15) is 4.31 Å². The number of nitrogens with zero attached hydrogens (tertiary/aromatic N) is 3. The van der Waals surface area contributed by atoms with E-state index in [1.807, 2.05) is 20.8 Å². The molecule has 0 atom stereocenters.